The lowest BCUT2D eigenvalue weighted by atomic mass is 9.92. The Morgan fingerprint density at radius 1 is 0.833 bits per heavy atom. The van der Waals surface area contributed by atoms with Crippen LogP contribution in [0.2, 0.25) is 0 Å². The molecule has 30 heavy (non-hydrogen) atoms. The van der Waals surface area contributed by atoms with Gasteiger partial charge in [-0.25, -0.2) is 17.2 Å². The average molecular weight is 426 g/mol. The molecular formula is C24H21F2NO2S. The Balaban J connectivity index is 1.73. The molecular weight excluding hydrogens is 404 g/mol. The summed E-state index contributed by atoms with van der Waals surface area (Å²) in [5.41, 5.74) is 2.90. The largest absolute Gasteiger partial charge is 0.284 e. The monoisotopic (exact) mass is 425 g/mol. The second-order valence-corrected chi connectivity index (χ2v) is 9.44. The van der Waals surface area contributed by atoms with Crippen molar-refractivity contribution in [2.75, 3.05) is 19.3 Å². The van der Waals surface area contributed by atoms with Crippen LogP contribution < -0.4 is 0 Å². The second-order valence-electron chi connectivity index (χ2n) is 7.49. The molecule has 1 aliphatic heterocycles. The Hall–Kier alpha value is -2.83. The van der Waals surface area contributed by atoms with Crippen molar-refractivity contribution in [3.05, 3.63) is 113 Å². The Morgan fingerprint density at radius 2 is 1.30 bits per heavy atom. The number of hydrogen-bond donors (Lipinski definition) is 0. The predicted octanol–water partition coefficient (Wildman–Crippen LogP) is 4.83. The zero-order valence-electron chi connectivity index (χ0n) is 16.4. The molecule has 1 saturated heterocycles. The number of nitrogens with zero attached hydrogens (tertiary/aromatic N) is 1. The maximum absolute atomic E-state index is 13.7. The Morgan fingerprint density at radius 3 is 1.73 bits per heavy atom. The molecule has 154 valence electrons. The molecule has 0 radical (unpaired) electrons. The fourth-order valence-corrected chi connectivity index (χ4v) is 5.22. The highest BCUT2D eigenvalue weighted by molar-refractivity contribution is 8.00. The minimum absolute atomic E-state index is 0.0111. The molecule has 0 unspecified atom stereocenters. The summed E-state index contributed by atoms with van der Waals surface area (Å²) in [4.78, 5) is 2.16. The third-order valence-corrected chi connectivity index (χ3v) is 6.47. The SMILES string of the molecule is CS(=O)(=O)C(=C1CN(C(c2ccccc2)c2ccccc2)C1)c1cc(F)cc(F)c1. The normalized spacial score (nSPS) is 14.6. The van der Waals surface area contributed by atoms with Gasteiger partial charge in [-0.2, -0.15) is 0 Å². The van der Waals surface area contributed by atoms with Gasteiger partial charge >= 0.3 is 0 Å². The number of hydrogen-bond acceptors (Lipinski definition) is 3. The molecule has 0 atom stereocenters. The van der Waals surface area contributed by atoms with Gasteiger partial charge in [0.15, 0.2) is 9.84 Å². The molecule has 6 heteroatoms. The van der Waals surface area contributed by atoms with E-state index in [1.807, 2.05) is 60.7 Å². The van der Waals surface area contributed by atoms with E-state index in [2.05, 4.69) is 4.90 Å². The molecule has 0 N–H and O–H groups in total. The van der Waals surface area contributed by atoms with E-state index in [1.165, 1.54) is 0 Å². The fourth-order valence-electron chi connectivity index (χ4n) is 4.02. The van der Waals surface area contributed by atoms with Crippen molar-refractivity contribution in [2.45, 2.75) is 6.04 Å². The van der Waals surface area contributed by atoms with Gasteiger partial charge in [0.25, 0.3) is 0 Å². The number of likely N-dealkylation sites (tertiary alicyclic amines) is 1. The summed E-state index contributed by atoms with van der Waals surface area (Å²) in [6.07, 6.45) is 1.08. The van der Waals surface area contributed by atoms with Crippen molar-refractivity contribution >= 4 is 14.7 Å². The van der Waals surface area contributed by atoms with Gasteiger partial charge in [0, 0.05) is 25.4 Å². The van der Waals surface area contributed by atoms with Crippen LogP contribution in [0.4, 0.5) is 8.78 Å². The van der Waals surface area contributed by atoms with E-state index in [1.54, 1.807) is 0 Å². The van der Waals surface area contributed by atoms with E-state index in [-0.39, 0.29) is 16.5 Å². The summed E-state index contributed by atoms with van der Waals surface area (Å²) in [5.74, 6) is -1.59. The Labute approximate surface area is 175 Å². The highest BCUT2D eigenvalue weighted by Crippen LogP contribution is 2.38. The van der Waals surface area contributed by atoms with Gasteiger partial charge in [-0.1, -0.05) is 60.7 Å². The van der Waals surface area contributed by atoms with E-state index in [0.29, 0.717) is 18.7 Å². The van der Waals surface area contributed by atoms with Gasteiger partial charge in [0.1, 0.15) is 11.6 Å². The summed E-state index contributed by atoms with van der Waals surface area (Å²) in [5, 5.41) is 0. The zero-order valence-corrected chi connectivity index (χ0v) is 17.2. The van der Waals surface area contributed by atoms with E-state index in [0.717, 1.165) is 35.6 Å². The highest BCUT2D eigenvalue weighted by atomic mass is 32.2. The van der Waals surface area contributed by atoms with Crippen LogP contribution in [0.25, 0.3) is 4.91 Å². The average Bonchev–Trinajstić information content (AvgIpc) is 2.66. The first kappa shape index (κ1) is 20.4. The lowest BCUT2D eigenvalue weighted by Crippen LogP contribution is -2.44. The minimum Gasteiger partial charge on any atom is -0.284 e. The van der Waals surface area contributed by atoms with Gasteiger partial charge in [-0.3, -0.25) is 4.90 Å². The summed E-state index contributed by atoms with van der Waals surface area (Å²) in [7, 11) is -3.67. The predicted molar refractivity (Wildman–Crippen MR) is 114 cm³/mol. The molecule has 0 bridgehead atoms. The van der Waals surface area contributed by atoms with Crippen molar-refractivity contribution in [2.24, 2.45) is 0 Å². The lowest BCUT2D eigenvalue weighted by molar-refractivity contribution is 0.203. The first-order valence-electron chi connectivity index (χ1n) is 9.55. The van der Waals surface area contributed by atoms with Gasteiger partial charge in [0.2, 0.25) is 0 Å². The number of rotatable bonds is 5. The quantitative estimate of drug-likeness (QED) is 0.588. The van der Waals surface area contributed by atoms with Crippen molar-refractivity contribution in [3.8, 4) is 0 Å². The number of sulfone groups is 1. The van der Waals surface area contributed by atoms with Crippen LogP contribution in [-0.4, -0.2) is 32.7 Å². The molecule has 3 aromatic rings. The van der Waals surface area contributed by atoms with Gasteiger partial charge in [-0.05, 0) is 34.4 Å². The number of benzene rings is 3. The molecule has 3 aromatic carbocycles. The van der Waals surface area contributed by atoms with Crippen molar-refractivity contribution in [1.82, 2.24) is 4.90 Å². The van der Waals surface area contributed by atoms with Crippen LogP contribution in [0.1, 0.15) is 22.7 Å². The maximum Gasteiger partial charge on any atom is 0.176 e. The highest BCUT2D eigenvalue weighted by Gasteiger charge is 2.34. The van der Waals surface area contributed by atoms with Crippen LogP contribution in [0.15, 0.2) is 84.4 Å². The summed E-state index contributed by atoms with van der Waals surface area (Å²) in [6, 6.07) is 22.8. The molecule has 0 aliphatic carbocycles. The molecule has 3 nitrogen and oxygen atoms in total. The van der Waals surface area contributed by atoms with Crippen molar-refractivity contribution in [3.63, 3.8) is 0 Å². The van der Waals surface area contributed by atoms with Crippen LogP contribution in [-0.2, 0) is 9.84 Å². The molecule has 0 amide bonds. The van der Waals surface area contributed by atoms with Crippen LogP contribution in [0.5, 0.6) is 0 Å². The van der Waals surface area contributed by atoms with Crippen LogP contribution in [0.3, 0.4) is 0 Å². The second kappa shape index (κ2) is 8.13. The summed E-state index contributed by atoms with van der Waals surface area (Å²) < 4.78 is 52.5. The maximum atomic E-state index is 13.7. The third kappa shape index (κ3) is 4.20. The van der Waals surface area contributed by atoms with Gasteiger partial charge in [0.05, 0.1) is 10.9 Å². The minimum atomic E-state index is -3.67. The molecule has 1 aliphatic rings. The third-order valence-electron chi connectivity index (χ3n) is 5.20. The molecule has 4 rings (SSSR count). The van der Waals surface area contributed by atoms with Crippen molar-refractivity contribution < 1.29 is 17.2 Å². The van der Waals surface area contributed by atoms with E-state index in [4.69, 9.17) is 0 Å². The smallest absolute Gasteiger partial charge is 0.176 e. The van der Waals surface area contributed by atoms with Gasteiger partial charge < -0.3 is 0 Å². The van der Waals surface area contributed by atoms with E-state index < -0.39 is 21.5 Å². The lowest BCUT2D eigenvalue weighted by Gasteiger charge is -2.42. The fraction of sp³-hybridized carbons (Fsp3) is 0.167. The topological polar surface area (TPSA) is 37.4 Å². The van der Waals surface area contributed by atoms with Crippen LogP contribution >= 0.6 is 0 Å². The van der Waals surface area contributed by atoms with Crippen molar-refractivity contribution in [1.29, 1.82) is 0 Å². The van der Waals surface area contributed by atoms with E-state index in [9.17, 15) is 17.2 Å². The molecule has 1 fully saturated rings. The molecule has 0 saturated carbocycles. The van der Waals surface area contributed by atoms with E-state index >= 15 is 0 Å². The Bertz CT molecular complexity index is 1120. The molecule has 1 heterocycles. The number of halogens is 2. The summed E-state index contributed by atoms with van der Waals surface area (Å²) >= 11 is 0. The summed E-state index contributed by atoms with van der Waals surface area (Å²) in [6.45, 7) is 0.796. The van der Waals surface area contributed by atoms with Crippen LogP contribution in [0, 0.1) is 11.6 Å². The first-order valence-corrected chi connectivity index (χ1v) is 11.4. The zero-order chi connectivity index (χ0) is 21.3. The Kier molecular flexibility index (Phi) is 5.54. The first-order chi connectivity index (χ1) is 14.3. The standard InChI is InChI=1S/C24H21F2NO2S/c1-30(28,29)24(19-12-21(25)14-22(26)13-19)20-15-27(16-20)23(17-8-4-2-5-9-17)18-10-6-3-7-11-18/h2-14,23H,15-16H2,1H3. The molecule has 0 spiro atoms. The molecule has 0 aromatic heterocycles. The van der Waals surface area contributed by atoms with Gasteiger partial charge in [-0.15, -0.1) is 0 Å².